The van der Waals surface area contributed by atoms with Gasteiger partial charge in [0.15, 0.2) is 11.0 Å². The van der Waals surface area contributed by atoms with E-state index in [-0.39, 0.29) is 0 Å². The molecular weight excluding hydrogens is 312 g/mol. The lowest BCUT2D eigenvalue weighted by Gasteiger charge is -2.12. The van der Waals surface area contributed by atoms with Crippen molar-refractivity contribution in [1.29, 1.82) is 0 Å². The molecule has 2 heterocycles. The van der Waals surface area contributed by atoms with Gasteiger partial charge in [-0.2, -0.15) is 0 Å². The molecule has 124 valence electrons. The van der Waals surface area contributed by atoms with Crippen molar-refractivity contribution in [3.05, 3.63) is 30.1 Å². The molecular formula is C16H22N4O2S. The summed E-state index contributed by atoms with van der Waals surface area (Å²) in [6.07, 6.45) is 2.60. The molecule has 1 N–H and O–H groups in total. The molecule has 1 saturated heterocycles. The summed E-state index contributed by atoms with van der Waals surface area (Å²) in [5.74, 6) is 2.61. The van der Waals surface area contributed by atoms with Crippen molar-refractivity contribution < 1.29 is 9.47 Å². The van der Waals surface area contributed by atoms with Crippen LogP contribution in [0.4, 0.5) is 0 Å². The number of ether oxygens (including phenoxy) is 2. The minimum Gasteiger partial charge on any atom is -0.497 e. The smallest absolute Gasteiger partial charge is 0.195 e. The van der Waals surface area contributed by atoms with E-state index >= 15 is 0 Å². The summed E-state index contributed by atoms with van der Waals surface area (Å²) in [4.78, 5) is 0. The molecule has 0 unspecified atom stereocenters. The number of thioether (sulfide) groups is 1. The molecule has 1 aromatic heterocycles. The average Bonchev–Trinajstić information content (AvgIpc) is 3.23. The molecule has 23 heavy (non-hydrogen) atoms. The van der Waals surface area contributed by atoms with Gasteiger partial charge in [0, 0.05) is 18.4 Å². The van der Waals surface area contributed by atoms with Gasteiger partial charge in [0.05, 0.1) is 25.4 Å². The second-order valence-corrected chi connectivity index (χ2v) is 6.40. The van der Waals surface area contributed by atoms with Crippen LogP contribution in [-0.4, -0.2) is 47.4 Å². The van der Waals surface area contributed by atoms with Crippen LogP contribution in [-0.2, 0) is 11.3 Å². The van der Waals surface area contributed by atoms with E-state index in [4.69, 9.17) is 9.47 Å². The molecule has 0 aliphatic carbocycles. The minimum absolute atomic E-state index is 0.322. The Morgan fingerprint density at radius 1 is 1.43 bits per heavy atom. The molecule has 1 aromatic carbocycles. The molecule has 0 saturated carbocycles. The highest BCUT2D eigenvalue weighted by atomic mass is 32.2. The van der Waals surface area contributed by atoms with Gasteiger partial charge < -0.3 is 14.8 Å². The van der Waals surface area contributed by atoms with Crippen LogP contribution in [0.15, 0.2) is 29.4 Å². The normalized spacial score (nSPS) is 17.6. The second-order valence-electron chi connectivity index (χ2n) is 5.41. The molecule has 3 rings (SSSR count). The zero-order valence-electron chi connectivity index (χ0n) is 13.5. The largest absolute Gasteiger partial charge is 0.497 e. The van der Waals surface area contributed by atoms with Gasteiger partial charge in [0.2, 0.25) is 0 Å². The third-order valence-corrected chi connectivity index (χ3v) is 4.83. The van der Waals surface area contributed by atoms with E-state index in [1.54, 1.807) is 18.9 Å². The second kappa shape index (κ2) is 7.81. The SMILES string of the molecule is CNCc1nnc(SC[C@@H]2CCCO2)n1-c1cccc(OC)c1. The first-order valence-corrected chi connectivity index (χ1v) is 8.78. The molecule has 2 aromatic rings. The maximum Gasteiger partial charge on any atom is 0.195 e. The molecule has 1 aliphatic rings. The van der Waals surface area contributed by atoms with Crippen LogP contribution in [0.1, 0.15) is 18.7 Å². The molecule has 1 fully saturated rings. The molecule has 7 heteroatoms. The van der Waals surface area contributed by atoms with Crippen LogP contribution in [0.2, 0.25) is 0 Å². The van der Waals surface area contributed by atoms with Gasteiger partial charge in [-0.1, -0.05) is 17.8 Å². The summed E-state index contributed by atoms with van der Waals surface area (Å²) in [6, 6.07) is 7.95. The van der Waals surface area contributed by atoms with Gasteiger partial charge in [-0.05, 0) is 32.0 Å². The molecule has 0 bridgehead atoms. The summed E-state index contributed by atoms with van der Waals surface area (Å²) < 4.78 is 13.1. The standard InChI is InChI=1S/C16H22N4O2S/c1-17-10-15-18-19-16(23-11-14-7-4-8-22-14)20(15)12-5-3-6-13(9-12)21-2/h3,5-6,9,14,17H,4,7-8,10-11H2,1-2H3/t14-/m0/s1. The highest BCUT2D eigenvalue weighted by molar-refractivity contribution is 7.99. The predicted molar refractivity (Wildman–Crippen MR) is 90.4 cm³/mol. The highest BCUT2D eigenvalue weighted by Gasteiger charge is 2.19. The van der Waals surface area contributed by atoms with E-state index in [9.17, 15) is 0 Å². The quantitative estimate of drug-likeness (QED) is 0.784. The van der Waals surface area contributed by atoms with Crippen molar-refractivity contribution in [2.45, 2.75) is 30.6 Å². The first-order chi connectivity index (χ1) is 11.3. The number of methoxy groups -OCH3 is 1. The average molecular weight is 334 g/mol. The molecule has 0 amide bonds. The summed E-state index contributed by atoms with van der Waals surface area (Å²) in [6.45, 7) is 1.53. The van der Waals surface area contributed by atoms with Gasteiger partial charge in [-0.3, -0.25) is 4.57 Å². The first-order valence-electron chi connectivity index (χ1n) is 7.79. The van der Waals surface area contributed by atoms with Gasteiger partial charge >= 0.3 is 0 Å². The van der Waals surface area contributed by atoms with Gasteiger partial charge in [-0.25, -0.2) is 0 Å². The Labute approximate surface area is 140 Å². The number of rotatable bonds is 7. The fourth-order valence-corrected chi connectivity index (χ4v) is 3.65. The van der Waals surface area contributed by atoms with Crippen LogP contribution >= 0.6 is 11.8 Å². The lowest BCUT2D eigenvalue weighted by atomic mass is 10.3. The number of hydrogen-bond donors (Lipinski definition) is 1. The lowest BCUT2D eigenvalue weighted by molar-refractivity contribution is 0.129. The van der Waals surface area contributed by atoms with E-state index < -0.39 is 0 Å². The number of nitrogens with one attached hydrogen (secondary N) is 1. The molecule has 0 radical (unpaired) electrons. The Kier molecular flexibility index (Phi) is 5.53. The fourth-order valence-electron chi connectivity index (χ4n) is 2.62. The number of aromatic nitrogens is 3. The molecule has 1 aliphatic heterocycles. The highest BCUT2D eigenvalue weighted by Crippen LogP contribution is 2.27. The number of nitrogens with zero attached hydrogens (tertiary/aromatic N) is 3. The summed E-state index contributed by atoms with van der Waals surface area (Å²) >= 11 is 1.70. The fraction of sp³-hybridized carbons (Fsp3) is 0.500. The van der Waals surface area contributed by atoms with E-state index in [0.29, 0.717) is 12.6 Å². The topological polar surface area (TPSA) is 61.2 Å². The zero-order chi connectivity index (χ0) is 16.1. The lowest BCUT2D eigenvalue weighted by Crippen LogP contribution is -2.13. The van der Waals surface area contributed by atoms with Crippen molar-refractivity contribution in [1.82, 2.24) is 20.1 Å². The van der Waals surface area contributed by atoms with Gasteiger partial charge in [0.25, 0.3) is 0 Å². The number of benzene rings is 1. The van der Waals surface area contributed by atoms with E-state index in [0.717, 1.165) is 47.6 Å². The summed E-state index contributed by atoms with van der Waals surface area (Å²) in [7, 11) is 3.58. The van der Waals surface area contributed by atoms with Crippen LogP contribution in [0, 0.1) is 0 Å². The Hall–Kier alpha value is -1.57. The monoisotopic (exact) mass is 334 g/mol. The van der Waals surface area contributed by atoms with Crippen molar-refractivity contribution in [2.75, 3.05) is 26.5 Å². The molecule has 6 nitrogen and oxygen atoms in total. The van der Waals surface area contributed by atoms with Gasteiger partial charge in [0.1, 0.15) is 5.75 Å². The third kappa shape index (κ3) is 3.85. The Bertz CT molecular complexity index is 641. The predicted octanol–water partition coefficient (Wildman–Crippen LogP) is 2.27. The Morgan fingerprint density at radius 2 is 2.35 bits per heavy atom. The third-order valence-electron chi connectivity index (χ3n) is 3.77. The summed E-state index contributed by atoms with van der Waals surface area (Å²) in [5.41, 5.74) is 1.01. The van der Waals surface area contributed by atoms with Crippen LogP contribution in [0.25, 0.3) is 5.69 Å². The first kappa shape index (κ1) is 16.3. The van der Waals surface area contributed by atoms with Crippen molar-refractivity contribution >= 4 is 11.8 Å². The van der Waals surface area contributed by atoms with E-state index in [2.05, 4.69) is 20.1 Å². The van der Waals surface area contributed by atoms with E-state index in [1.165, 1.54) is 0 Å². The Balaban J connectivity index is 1.86. The van der Waals surface area contributed by atoms with E-state index in [1.807, 2.05) is 31.3 Å². The Morgan fingerprint density at radius 3 is 3.09 bits per heavy atom. The van der Waals surface area contributed by atoms with Crippen molar-refractivity contribution in [2.24, 2.45) is 0 Å². The van der Waals surface area contributed by atoms with Crippen LogP contribution in [0.5, 0.6) is 5.75 Å². The van der Waals surface area contributed by atoms with Gasteiger partial charge in [-0.15, -0.1) is 10.2 Å². The van der Waals surface area contributed by atoms with Crippen LogP contribution < -0.4 is 10.1 Å². The van der Waals surface area contributed by atoms with Crippen molar-refractivity contribution in [3.63, 3.8) is 0 Å². The molecule has 1 atom stereocenters. The zero-order valence-corrected chi connectivity index (χ0v) is 14.3. The number of hydrogen-bond acceptors (Lipinski definition) is 6. The van der Waals surface area contributed by atoms with Crippen molar-refractivity contribution in [3.8, 4) is 11.4 Å². The van der Waals surface area contributed by atoms with Crippen LogP contribution in [0.3, 0.4) is 0 Å². The molecule has 0 spiro atoms. The minimum atomic E-state index is 0.322. The maximum absolute atomic E-state index is 5.70. The maximum atomic E-state index is 5.70. The summed E-state index contributed by atoms with van der Waals surface area (Å²) in [5, 5.41) is 12.7.